The van der Waals surface area contributed by atoms with Crippen molar-refractivity contribution in [1.29, 1.82) is 0 Å². The zero-order valence-electron chi connectivity index (χ0n) is 6.04. The molecule has 0 aromatic carbocycles. The van der Waals surface area contributed by atoms with Crippen molar-refractivity contribution in [3.63, 3.8) is 0 Å². The van der Waals surface area contributed by atoms with Crippen LogP contribution in [0.2, 0.25) is 0 Å². The molecule has 2 aliphatic rings. The summed E-state index contributed by atoms with van der Waals surface area (Å²) in [5.41, 5.74) is 0. The van der Waals surface area contributed by atoms with E-state index in [1.54, 1.807) is 0 Å². The van der Waals surface area contributed by atoms with Crippen molar-refractivity contribution in [1.82, 2.24) is 5.32 Å². The number of amides is 2. The molecule has 1 aliphatic heterocycles. The van der Waals surface area contributed by atoms with Gasteiger partial charge in [0.1, 0.15) is 0 Å². The van der Waals surface area contributed by atoms with Crippen molar-refractivity contribution in [2.24, 2.45) is 11.8 Å². The van der Waals surface area contributed by atoms with Gasteiger partial charge in [0.25, 0.3) is 0 Å². The first-order valence-corrected chi connectivity index (χ1v) is 3.80. The van der Waals surface area contributed by atoms with Crippen LogP contribution in [0.4, 0.5) is 0 Å². The van der Waals surface area contributed by atoms with Gasteiger partial charge >= 0.3 is 0 Å². The van der Waals surface area contributed by atoms with Crippen molar-refractivity contribution in [3.05, 3.63) is 12.2 Å². The highest BCUT2D eigenvalue weighted by Crippen LogP contribution is 2.28. The summed E-state index contributed by atoms with van der Waals surface area (Å²) in [6.07, 6.45) is 5.55. The first kappa shape index (κ1) is 6.58. The van der Waals surface area contributed by atoms with Gasteiger partial charge in [-0.3, -0.25) is 14.9 Å². The van der Waals surface area contributed by atoms with Gasteiger partial charge in [-0.25, -0.2) is 0 Å². The Morgan fingerprint density at radius 1 is 1.36 bits per heavy atom. The largest absolute Gasteiger partial charge is 0.296 e. The second-order valence-corrected chi connectivity index (χ2v) is 2.99. The SMILES string of the molecule is O=C1NC(=O)[C@@H]2CCC=C[C@H]12. The van der Waals surface area contributed by atoms with Crippen LogP contribution >= 0.6 is 0 Å². The topological polar surface area (TPSA) is 46.2 Å². The Bertz CT molecular complexity index is 244. The average molecular weight is 151 g/mol. The maximum absolute atomic E-state index is 11.1. The highest BCUT2D eigenvalue weighted by atomic mass is 16.2. The van der Waals surface area contributed by atoms with Gasteiger partial charge in [0.2, 0.25) is 11.8 Å². The van der Waals surface area contributed by atoms with E-state index in [1.165, 1.54) is 0 Å². The van der Waals surface area contributed by atoms with Crippen LogP contribution in [0.3, 0.4) is 0 Å². The molecule has 11 heavy (non-hydrogen) atoms. The summed E-state index contributed by atoms with van der Waals surface area (Å²) >= 11 is 0. The Kier molecular flexibility index (Phi) is 1.31. The van der Waals surface area contributed by atoms with Crippen LogP contribution in [-0.2, 0) is 9.59 Å². The number of nitrogens with one attached hydrogen (secondary N) is 1. The molecule has 0 bridgehead atoms. The highest BCUT2D eigenvalue weighted by Gasteiger charge is 2.40. The first-order chi connectivity index (χ1) is 5.29. The quantitative estimate of drug-likeness (QED) is 0.398. The third-order valence-electron chi connectivity index (χ3n) is 2.31. The third-order valence-corrected chi connectivity index (χ3v) is 2.31. The molecule has 0 unspecified atom stereocenters. The minimum Gasteiger partial charge on any atom is -0.296 e. The Hall–Kier alpha value is -1.12. The molecular weight excluding hydrogens is 142 g/mol. The van der Waals surface area contributed by atoms with Crippen LogP contribution in [0, 0.1) is 11.8 Å². The molecule has 0 spiro atoms. The standard InChI is InChI=1S/C8H9NO2/c10-7-5-3-1-2-4-6(5)8(11)9-7/h1,3,5-6H,2,4H2,(H,9,10,11)/t5-,6+/m0/s1. The van der Waals surface area contributed by atoms with Gasteiger partial charge < -0.3 is 0 Å². The number of carbonyl (C=O) groups excluding carboxylic acids is 2. The molecule has 0 aromatic rings. The molecule has 0 saturated carbocycles. The number of hydrogen-bond acceptors (Lipinski definition) is 2. The van der Waals surface area contributed by atoms with E-state index < -0.39 is 0 Å². The lowest BCUT2D eigenvalue weighted by Gasteiger charge is -2.14. The number of carbonyl (C=O) groups is 2. The van der Waals surface area contributed by atoms with E-state index >= 15 is 0 Å². The molecule has 1 fully saturated rings. The van der Waals surface area contributed by atoms with E-state index in [-0.39, 0.29) is 23.7 Å². The van der Waals surface area contributed by atoms with Crippen LogP contribution in [-0.4, -0.2) is 11.8 Å². The molecule has 58 valence electrons. The van der Waals surface area contributed by atoms with E-state index in [1.807, 2.05) is 12.2 Å². The summed E-state index contributed by atoms with van der Waals surface area (Å²) in [5, 5.41) is 2.33. The van der Waals surface area contributed by atoms with Crippen LogP contribution < -0.4 is 5.32 Å². The Morgan fingerprint density at radius 3 is 2.91 bits per heavy atom. The number of allylic oxidation sites excluding steroid dienone is 1. The molecule has 1 N–H and O–H groups in total. The predicted octanol–water partition coefficient (Wildman–Crippen LogP) is 0.225. The summed E-state index contributed by atoms with van der Waals surface area (Å²) in [6.45, 7) is 0. The molecule has 1 aliphatic carbocycles. The van der Waals surface area contributed by atoms with Gasteiger partial charge in [0.15, 0.2) is 0 Å². The molecule has 2 amide bonds. The van der Waals surface area contributed by atoms with E-state index in [0.29, 0.717) is 0 Å². The Balaban J connectivity index is 2.30. The molecule has 1 heterocycles. The monoisotopic (exact) mass is 151 g/mol. The Morgan fingerprint density at radius 2 is 2.18 bits per heavy atom. The van der Waals surface area contributed by atoms with Crippen LogP contribution in [0.25, 0.3) is 0 Å². The Labute approximate surface area is 64.5 Å². The van der Waals surface area contributed by atoms with Crippen LogP contribution in [0.1, 0.15) is 12.8 Å². The van der Waals surface area contributed by atoms with Crippen LogP contribution in [0.15, 0.2) is 12.2 Å². The average Bonchev–Trinajstić information content (AvgIpc) is 2.30. The van der Waals surface area contributed by atoms with Gasteiger partial charge in [-0.1, -0.05) is 12.2 Å². The minimum atomic E-state index is -0.170. The molecule has 0 aromatic heterocycles. The van der Waals surface area contributed by atoms with E-state index in [4.69, 9.17) is 0 Å². The second-order valence-electron chi connectivity index (χ2n) is 2.99. The fourth-order valence-corrected chi connectivity index (χ4v) is 1.69. The van der Waals surface area contributed by atoms with Gasteiger partial charge in [-0.05, 0) is 12.8 Å². The third kappa shape index (κ3) is 0.878. The highest BCUT2D eigenvalue weighted by molar-refractivity contribution is 6.06. The predicted molar refractivity (Wildman–Crippen MR) is 38.5 cm³/mol. The number of hydrogen-bond donors (Lipinski definition) is 1. The zero-order chi connectivity index (χ0) is 7.84. The lowest BCUT2D eigenvalue weighted by molar-refractivity contribution is -0.126. The van der Waals surface area contributed by atoms with Gasteiger partial charge in [-0.2, -0.15) is 0 Å². The summed E-state index contributed by atoms with van der Waals surface area (Å²) in [7, 11) is 0. The molecule has 0 radical (unpaired) electrons. The summed E-state index contributed by atoms with van der Waals surface area (Å²) in [4.78, 5) is 22.1. The first-order valence-electron chi connectivity index (χ1n) is 3.80. The van der Waals surface area contributed by atoms with Crippen molar-refractivity contribution < 1.29 is 9.59 Å². The van der Waals surface area contributed by atoms with Crippen molar-refractivity contribution in [2.45, 2.75) is 12.8 Å². The lowest BCUT2D eigenvalue weighted by atomic mass is 9.86. The summed E-state index contributed by atoms with van der Waals surface area (Å²) < 4.78 is 0. The van der Waals surface area contributed by atoms with Gasteiger partial charge in [-0.15, -0.1) is 0 Å². The lowest BCUT2D eigenvalue weighted by Crippen LogP contribution is -2.21. The molecule has 2 atom stereocenters. The second kappa shape index (κ2) is 2.19. The molecule has 2 rings (SSSR count). The maximum Gasteiger partial charge on any atom is 0.234 e. The maximum atomic E-state index is 11.1. The van der Waals surface area contributed by atoms with E-state index in [9.17, 15) is 9.59 Å². The molecule has 1 saturated heterocycles. The fraction of sp³-hybridized carbons (Fsp3) is 0.500. The molecular formula is C8H9NO2. The summed E-state index contributed by atoms with van der Waals surface area (Å²) in [5.74, 6) is -0.468. The number of rotatable bonds is 0. The zero-order valence-corrected chi connectivity index (χ0v) is 6.04. The number of fused-ring (bicyclic) bond motifs is 1. The smallest absolute Gasteiger partial charge is 0.234 e. The number of imide groups is 1. The van der Waals surface area contributed by atoms with Crippen molar-refractivity contribution in [2.75, 3.05) is 0 Å². The van der Waals surface area contributed by atoms with Gasteiger partial charge in [0.05, 0.1) is 11.8 Å². The van der Waals surface area contributed by atoms with E-state index in [0.717, 1.165) is 12.8 Å². The fourth-order valence-electron chi connectivity index (χ4n) is 1.69. The van der Waals surface area contributed by atoms with Crippen molar-refractivity contribution in [3.8, 4) is 0 Å². The molecule has 3 heteroatoms. The minimum absolute atomic E-state index is 0.0764. The summed E-state index contributed by atoms with van der Waals surface area (Å²) in [6, 6.07) is 0. The normalized spacial score (nSPS) is 35.3. The molecule has 3 nitrogen and oxygen atoms in total. The van der Waals surface area contributed by atoms with Crippen LogP contribution in [0.5, 0.6) is 0 Å². The van der Waals surface area contributed by atoms with E-state index in [2.05, 4.69) is 5.32 Å². The van der Waals surface area contributed by atoms with Gasteiger partial charge in [0, 0.05) is 0 Å². The van der Waals surface area contributed by atoms with Crippen molar-refractivity contribution >= 4 is 11.8 Å².